The van der Waals surface area contributed by atoms with Crippen LogP contribution in [-0.4, -0.2) is 30.1 Å². The van der Waals surface area contributed by atoms with E-state index in [4.69, 9.17) is 27.8 Å². The number of aromatic nitrogens is 2. The Bertz CT molecular complexity index is 1290. The van der Waals surface area contributed by atoms with E-state index in [1.807, 2.05) is 0 Å². The van der Waals surface area contributed by atoms with Crippen LogP contribution in [-0.2, 0) is 6.54 Å². The van der Waals surface area contributed by atoms with Crippen molar-refractivity contribution in [1.29, 1.82) is 5.26 Å². The van der Waals surface area contributed by atoms with Crippen LogP contribution >= 0.6 is 11.6 Å². The maximum atomic E-state index is 12.1. The lowest BCUT2D eigenvalue weighted by atomic mass is 9.92. The molecular weight excluding hydrogens is 404 g/mol. The minimum atomic E-state index is -0.314. The molecular formula is C21H19ClN6O2. The van der Waals surface area contributed by atoms with Gasteiger partial charge in [-0.3, -0.25) is 9.79 Å². The van der Waals surface area contributed by atoms with Crippen molar-refractivity contribution in [3.05, 3.63) is 74.3 Å². The van der Waals surface area contributed by atoms with E-state index in [1.165, 1.54) is 19.4 Å². The third-order valence-electron chi connectivity index (χ3n) is 4.68. The highest BCUT2D eigenvalue weighted by Crippen LogP contribution is 2.32. The van der Waals surface area contributed by atoms with E-state index in [1.54, 1.807) is 31.3 Å². The van der Waals surface area contributed by atoms with Crippen LogP contribution in [0.1, 0.15) is 22.4 Å². The van der Waals surface area contributed by atoms with E-state index in [9.17, 15) is 10.1 Å². The Morgan fingerprint density at radius 3 is 2.73 bits per heavy atom. The number of halogens is 1. The van der Waals surface area contributed by atoms with Crippen LogP contribution in [0.2, 0.25) is 5.02 Å². The highest BCUT2D eigenvalue weighted by atomic mass is 35.5. The van der Waals surface area contributed by atoms with Gasteiger partial charge in [-0.1, -0.05) is 17.7 Å². The Morgan fingerprint density at radius 2 is 2.13 bits per heavy atom. The molecule has 1 aromatic heterocycles. The zero-order chi connectivity index (χ0) is 21.8. The third-order valence-corrected chi connectivity index (χ3v) is 4.98. The average molecular weight is 423 g/mol. The number of nitrogens with one attached hydrogen (secondary N) is 1. The molecule has 0 saturated carbocycles. The van der Waals surface area contributed by atoms with Crippen molar-refractivity contribution in [2.75, 3.05) is 14.2 Å². The summed E-state index contributed by atoms with van der Waals surface area (Å²) >= 11 is 6.17. The van der Waals surface area contributed by atoms with Gasteiger partial charge in [-0.05, 0) is 29.8 Å². The summed E-state index contributed by atoms with van der Waals surface area (Å²) in [6, 6.07) is 10.5. The smallest absolute Gasteiger partial charge is 0.272 e. The van der Waals surface area contributed by atoms with Crippen molar-refractivity contribution in [2.45, 2.75) is 6.54 Å². The summed E-state index contributed by atoms with van der Waals surface area (Å²) < 4.78 is 5.29. The summed E-state index contributed by atoms with van der Waals surface area (Å²) in [7, 11) is 3.08. The summed E-state index contributed by atoms with van der Waals surface area (Å²) in [5.41, 5.74) is 14.5. The first-order chi connectivity index (χ1) is 14.5. The molecule has 0 spiro atoms. The van der Waals surface area contributed by atoms with Crippen LogP contribution in [0.3, 0.4) is 0 Å². The maximum absolute atomic E-state index is 12.1. The van der Waals surface area contributed by atoms with Gasteiger partial charge in [-0.25, -0.2) is 5.10 Å². The fraction of sp³-hybridized carbons (Fsp3) is 0.143. The molecule has 30 heavy (non-hydrogen) atoms. The first-order valence-corrected chi connectivity index (χ1v) is 9.25. The normalized spacial score (nSPS) is 12.1. The molecule has 3 rings (SSSR count). The van der Waals surface area contributed by atoms with Gasteiger partial charge in [0.15, 0.2) is 0 Å². The minimum absolute atomic E-state index is 0.153. The van der Waals surface area contributed by atoms with E-state index in [-0.39, 0.29) is 12.1 Å². The second kappa shape index (κ2) is 8.78. The Kier molecular flexibility index (Phi) is 6.16. The van der Waals surface area contributed by atoms with Gasteiger partial charge in [0.2, 0.25) is 0 Å². The van der Waals surface area contributed by atoms with Crippen LogP contribution < -0.4 is 21.8 Å². The van der Waals surface area contributed by atoms with E-state index < -0.39 is 0 Å². The first kappa shape index (κ1) is 21.0. The van der Waals surface area contributed by atoms with E-state index >= 15 is 0 Å². The second-order valence-corrected chi connectivity index (χ2v) is 6.67. The number of nitriles is 1. The van der Waals surface area contributed by atoms with Gasteiger partial charge in [0, 0.05) is 36.3 Å². The van der Waals surface area contributed by atoms with Crippen LogP contribution in [0.5, 0.6) is 5.75 Å². The average Bonchev–Trinajstić information content (AvgIpc) is 2.77. The van der Waals surface area contributed by atoms with E-state index in [2.05, 4.69) is 21.3 Å². The number of methoxy groups -OCH3 is 1. The Balaban J connectivity index is 2.24. The Labute approximate surface area is 177 Å². The van der Waals surface area contributed by atoms with Gasteiger partial charge in [0.25, 0.3) is 5.56 Å². The molecule has 3 aromatic rings. The number of fused-ring (bicyclic) bond motifs is 1. The summed E-state index contributed by atoms with van der Waals surface area (Å²) in [5, 5.41) is 17.4. The molecule has 0 amide bonds. The van der Waals surface area contributed by atoms with E-state index in [0.717, 1.165) is 0 Å². The molecule has 2 aromatic carbocycles. The molecule has 1 heterocycles. The zero-order valence-corrected chi connectivity index (χ0v) is 17.1. The van der Waals surface area contributed by atoms with Gasteiger partial charge in [-0.15, -0.1) is 0 Å². The molecule has 0 aliphatic rings. The van der Waals surface area contributed by atoms with Gasteiger partial charge >= 0.3 is 0 Å². The van der Waals surface area contributed by atoms with E-state index in [0.29, 0.717) is 55.2 Å². The number of aromatic amines is 1. The summed E-state index contributed by atoms with van der Waals surface area (Å²) in [6.45, 7) is 0.153. The van der Waals surface area contributed by atoms with Crippen LogP contribution in [0.4, 0.5) is 0 Å². The van der Waals surface area contributed by atoms with Crippen LogP contribution in [0.25, 0.3) is 16.3 Å². The SMILES string of the molecule is CN=C(C(=CN)c1ccc2c(=O)[nH]nc(CN)c2c1)c1cc(OC)c(Cl)cc1C#N. The monoisotopic (exact) mass is 422 g/mol. The minimum Gasteiger partial charge on any atom is -0.495 e. The van der Waals surface area contributed by atoms with Gasteiger partial charge in [-0.2, -0.15) is 10.4 Å². The lowest BCUT2D eigenvalue weighted by Gasteiger charge is -2.15. The van der Waals surface area contributed by atoms with Gasteiger partial charge in [0.1, 0.15) is 5.75 Å². The first-order valence-electron chi connectivity index (χ1n) is 8.87. The van der Waals surface area contributed by atoms with Crippen molar-refractivity contribution in [3.8, 4) is 11.8 Å². The van der Waals surface area contributed by atoms with Crippen molar-refractivity contribution in [3.63, 3.8) is 0 Å². The Morgan fingerprint density at radius 1 is 1.37 bits per heavy atom. The number of allylic oxidation sites excluding steroid dienone is 1. The number of aliphatic imine (C=N–C) groups is 1. The van der Waals surface area contributed by atoms with Crippen LogP contribution in [0, 0.1) is 11.3 Å². The number of nitrogens with two attached hydrogens (primary N) is 2. The zero-order valence-electron chi connectivity index (χ0n) is 16.4. The molecule has 0 saturated heterocycles. The van der Waals surface area contributed by atoms with Crippen molar-refractivity contribution in [2.24, 2.45) is 16.5 Å². The molecule has 0 aliphatic heterocycles. The van der Waals surface area contributed by atoms with Gasteiger partial charge in [0.05, 0.1) is 40.6 Å². The molecule has 0 radical (unpaired) electrons. The number of ether oxygens (including phenoxy) is 1. The fourth-order valence-electron chi connectivity index (χ4n) is 3.24. The molecule has 9 heteroatoms. The molecule has 0 aliphatic carbocycles. The number of nitrogens with zero attached hydrogens (tertiary/aromatic N) is 3. The number of H-pyrrole nitrogens is 1. The van der Waals surface area contributed by atoms with Crippen molar-refractivity contribution < 1.29 is 4.74 Å². The molecule has 152 valence electrons. The fourth-order valence-corrected chi connectivity index (χ4v) is 3.48. The molecule has 5 N–H and O–H groups in total. The van der Waals surface area contributed by atoms with Crippen molar-refractivity contribution >= 4 is 33.7 Å². The summed E-state index contributed by atoms with van der Waals surface area (Å²) in [6.07, 6.45) is 1.40. The second-order valence-electron chi connectivity index (χ2n) is 6.26. The van der Waals surface area contributed by atoms with Gasteiger partial charge < -0.3 is 16.2 Å². The number of hydrogen-bond donors (Lipinski definition) is 3. The third kappa shape index (κ3) is 3.64. The summed E-state index contributed by atoms with van der Waals surface area (Å²) in [4.78, 5) is 16.5. The molecule has 0 atom stereocenters. The molecule has 0 bridgehead atoms. The maximum Gasteiger partial charge on any atom is 0.272 e. The standard InChI is InChI=1S/C21H19ClN6O2/c1-26-20(14-7-19(30-2)17(22)6-12(14)8-23)16(9-24)11-3-4-13-15(5-11)18(10-25)27-28-21(13)29/h3-7,9H,10,24-25H2,1-2H3,(H,28,29). The highest BCUT2D eigenvalue weighted by molar-refractivity contribution is 6.35. The number of benzene rings is 2. The predicted octanol–water partition coefficient (Wildman–Crippen LogP) is 2.33. The van der Waals surface area contributed by atoms with Crippen molar-refractivity contribution in [1.82, 2.24) is 10.2 Å². The molecule has 0 unspecified atom stereocenters. The highest BCUT2D eigenvalue weighted by Gasteiger charge is 2.19. The van der Waals surface area contributed by atoms with Crippen LogP contribution in [0.15, 0.2) is 46.3 Å². The Hall–Kier alpha value is -3.67. The molecule has 8 nitrogen and oxygen atoms in total. The quantitative estimate of drug-likeness (QED) is 0.538. The summed E-state index contributed by atoms with van der Waals surface area (Å²) in [5.74, 6) is 0.405. The predicted molar refractivity (Wildman–Crippen MR) is 118 cm³/mol. The topological polar surface area (TPSA) is 143 Å². The lowest BCUT2D eigenvalue weighted by Crippen LogP contribution is -2.14. The number of hydrogen-bond acceptors (Lipinski definition) is 7. The molecule has 0 fully saturated rings. The largest absolute Gasteiger partial charge is 0.495 e. The number of rotatable bonds is 5. The lowest BCUT2D eigenvalue weighted by molar-refractivity contribution is 0.415.